The average Bonchev–Trinajstić information content (AvgIpc) is 2.76. The Morgan fingerprint density at radius 3 is 2.88 bits per heavy atom. The third kappa shape index (κ3) is 2.45. The summed E-state index contributed by atoms with van der Waals surface area (Å²) in [6.07, 6.45) is 2.02. The lowest BCUT2D eigenvalue weighted by Crippen LogP contribution is -2.29. The molecule has 1 aromatic carbocycles. The first-order valence-corrected chi connectivity index (χ1v) is 6.95. The molecular formula is C13H15ClO2S. The lowest BCUT2D eigenvalue weighted by molar-refractivity contribution is 0.0946. The molecule has 0 spiro atoms. The molecule has 92 valence electrons. The van der Waals surface area contributed by atoms with Crippen LogP contribution in [0.4, 0.5) is 0 Å². The minimum absolute atomic E-state index is 0.124. The van der Waals surface area contributed by atoms with Gasteiger partial charge in [-0.1, -0.05) is 11.6 Å². The van der Waals surface area contributed by atoms with Crippen molar-refractivity contribution in [1.29, 1.82) is 0 Å². The molecule has 1 unspecified atom stereocenters. The van der Waals surface area contributed by atoms with Crippen LogP contribution in [0.3, 0.4) is 0 Å². The number of hydrogen-bond acceptors (Lipinski definition) is 3. The summed E-state index contributed by atoms with van der Waals surface area (Å²) in [6, 6.07) is 5.19. The second kappa shape index (κ2) is 4.91. The molecule has 0 aliphatic carbocycles. The summed E-state index contributed by atoms with van der Waals surface area (Å²) in [5.74, 6) is 1.78. The van der Waals surface area contributed by atoms with Crippen LogP contribution in [0.15, 0.2) is 18.2 Å². The van der Waals surface area contributed by atoms with E-state index in [1.165, 1.54) is 0 Å². The fourth-order valence-corrected chi connectivity index (χ4v) is 3.54. The van der Waals surface area contributed by atoms with Gasteiger partial charge in [-0.3, -0.25) is 4.79 Å². The second-order valence-corrected chi connectivity index (χ2v) is 6.39. The highest BCUT2D eigenvalue weighted by Gasteiger charge is 2.38. The fourth-order valence-electron chi connectivity index (χ4n) is 2.10. The first-order chi connectivity index (χ1) is 8.07. The summed E-state index contributed by atoms with van der Waals surface area (Å²) in [6.45, 7) is 2.01. The molecule has 1 aliphatic rings. The Labute approximate surface area is 111 Å². The van der Waals surface area contributed by atoms with Crippen molar-refractivity contribution in [2.24, 2.45) is 0 Å². The van der Waals surface area contributed by atoms with Crippen LogP contribution in [-0.2, 0) is 0 Å². The number of rotatable bonds is 3. The molecule has 0 bridgehead atoms. The van der Waals surface area contributed by atoms with Crippen LogP contribution < -0.4 is 4.74 Å². The standard InChI is InChI=1S/C13H15ClO2S/c1-13(6-3-7-17-13)12(15)10-8-9(14)4-5-11(10)16-2/h4-5,8H,3,6-7H2,1-2H3. The molecule has 2 rings (SSSR count). The zero-order valence-corrected chi connectivity index (χ0v) is 11.5. The number of ketones is 1. The number of halogens is 1. The van der Waals surface area contributed by atoms with Crippen LogP contribution >= 0.6 is 23.4 Å². The van der Waals surface area contributed by atoms with Crippen molar-refractivity contribution in [1.82, 2.24) is 0 Å². The summed E-state index contributed by atoms with van der Waals surface area (Å²) in [7, 11) is 1.57. The second-order valence-electron chi connectivity index (χ2n) is 4.36. The SMILES string of the molecule is COc1ccc(Cl)cc1C(=O)C1(C)CCCS1. The molecule has 0 amide bonds. The molecule has 1 heterocycles. The maximum atomic E-state index is 12.5. The summed E-state index contributed by atoms with van der Waals surface area (Å²) in [5.41, 5.74) is 0.594. The minimum Gasteiger partial charge on any atom is -0.496 e. The Morgan fingerprint density at radius 2 is 2.29 bits per heavy atom. The molecule has 2 nitrogen and oxygen atoms in total. The smallest absolute Gasteiger partial charge is 0.182 e. The first kappa shape index (κ1) is 12.8. The lowest BCUT2D eigenvalue weighted by atomic mass is 9.94. The minimum atomic E-state index is -0.321. The van der Waals surface area contributed by atoms with Crippen molar-refractivity contribution in [3.05, 3.63) is 28.8 Å². The van der Waals surface area contributed by atoms with Gasteiger partial charge in [-0.05, 0) is 43.7 Å². The Balaban J connectivity index is 2.39. The number of benzene rings is 1. The van der Waals surface area contributed by atoms with Crippen molar-refractivity contribution >= 4 is 29.1 Å². The van der Waals surface area contributed by atoms with Gasteiger partial charge in [0.05, 0.1) is 17.4 Å². The van der Waals surface area contributed by atoms with E-state index < -0.39 is 0 Å². The van der Waals surface area contributed by atoms with Gasteiger partial charge in [0.2, 0.25) is 0 Å². The Bertz CT molecular complexity index is 439. The van der Waals surface area contributed by atoms with Crippen LogP contribution in [0.1, 0.15) is 30.1 Å². The number of Topliss-reactive ketones (excluding diaryl/α,β-unsaturated/α-hetero) is 1. The quantitative estimate of drug-likeness (QED) is 0.781. The zero-order valence-electron chi connectivity index (χ0n) is 9.96. The van der Waals surface area contributed by atoms with Crippen molar-refractivity contribution in [2.75, 3.05) is 12.9 Å². The fraction of sp³-hybridized carbons (Fsp3) is 0.462. The maximum Gasteiger partial charge on any atom is 0.182 e. The van der Waals surface area contributed by atoms with Crippen LogP contribution in [-0.4, -0.2) is 23.4 Å². The Morgan fingerprint density at radius 1 is 1.53 bits per heavy atom. The third-order valence-corrected chi connectivity index (χ3v) is 4.86. The van der Waals surface area contributed by atoms with Gasteiger partial charge < -0.3 is 4.74 Å². The van der Waals surface area contributed by atoms with Gasteiger partial charge in [-0.2, -0.15) is 0 Å². The van der Waals surface area contributed by atoms with Gasteiger partial charge in [0.15, 0.2) is 5.78 Å². The zero-order chi connectivity index (χ0) is 12.5. The molecule has 0 saturated carbocycles. The predicted molar refractivity (Wildman–Crippen MR) is 72.4 cm³/mol. The van der Waals surface area contributed by atoms with E-state index in [-0.39, 0.29) is 10.5 Å². The Hall–Kier alpha value is -0.670. The van der Waals surface area contributed by atoms with E-state index in [1.807, 2.05) is 6.92 Å². The van der Waals surface area contributed by atoms with Crippen molar-refractivity contribution < 1.29 is 9.53 Å². The summed E-state index contributed by atoms with van der Waals surface area (Å²) in [4.78, 5) is 12.5. The molecule has 4 heteroatoms. The van der Waals surface area contributed by atoms with Crippen molar-refractivity contribution in [3.63, 3.8) is 0 Å². The van der Waals surface area contributed by atoms with Crippen molar-refractivity contribution in [3.8, 4) is 5.75 Å². The van der Waals surface area contributed by atoms with Gasteiger partial charge in [0.1, 0.15) is 5.75 Å². The molecule has 0 aromatic heterocycles. The maximum absolute atomic E-state index is 12.5. The van der Waals surface area contributed by atoms with Crippen LogP contribution in [0.2, 0.25) is 5.02 Å². The largest absolute Gasteiger partial charge is 0.496 e. The summed E-state index contributed by atoms with van der Waals surface area (Å²) >= 11 is 7.68. The van der Waals surface area contributed by atoms with Crippen molar-refractivity contribution in [2.45, 2.75) is 24.5 Å². The molecule has 1 fully saturated rings. The van der Waals surface area contributed by atoms with Crippen LogP contribution in [0, 0.1) is 0 Å². The third-order valence-electron chi connectivity index (χ3n) is 3.11. The first-order valence-electron chi connectivity index (χ1n) is 5.59. The predicted octanol–water partition coefficient (Wildman–Crippen LogP) is 3.82. The number of ether oxygens (including phenoxy) is 1. The average molecular weight is 271 g/mol. The van der Waals surface area contributed by atoms with E-state index in [0.29, 0.717) is 16.3 Å². The molecular weight excluding hydrogens is 256 g/mol. The van der Waals surface area contributed by atoms with Gasteiger partial charge in [0, 0.05) is 5.02 Å². The number of thioether (sulfide) groups is 1. The molecule has 17 heavy (non-hydrogen) atoms. The molecule has 1 aliphatic heterocycles. The van der Waals surface area contributed by atoms with E-state index in [0.717, 1.165) is 18.6 Å². The van der Waals surface area contributed by atoms with E-state index in [1.54, 1.807) is 37.1 Å². The molecule has 0 N–H and O–H groups in total. The summed E-state index contributed by atoms with van der Waals surface area (Å²) in [5, 5.41) is 0.570. The van der Waals surface area contributed by atoms with E-state index in [9.17, 15) is 4.79 Å². The Kier molecular flexibility index (Phi) is 3.69. The highest BCUT2D eigenvalue weighted by atomic mass is 35.5. The molecule has 1 atom stereocenters. The summed E-state index contributed by atoms with van der Waals surface area (Å²) < 4.78 is 4.92. The topological polar surface area (TPSA) is 26.3 Å². The molecule has 1 saturated heterocycles. The van der Waals surface area contributed by atoms with Gasteiger partial charge in [0.25, 0.3) is 0 Å². The van der Waals surface area contributed by atoms with Gasteiger partial charge in [-0.15, -0.1) is 11.8 Å². The van der Waals surface area contributed by atoms with Crippen LogP contribution in [0.25, 0.3) is 0 Å². The number of methoxy groups -OCH3 is 1. The van der Waals surface area contributed by atoms with E-state index in [4.69, 9.17) is 16.3 Å². The molecule has 1 aromatic rings. The number of hydrogen-bond donors (Lipinski definition) is 0. The monoisotopic (exact) mass is 270 g/mol. The number of carbonyl (C=O) groups is 1. The molecule has 0 radical (unpaired) electrons. The highest BCUT2D eigenvalue weighted by Crippen LogP contribution is 2.41. The van der Waals surface area contributed by atoms with Gasteiger partial charge in [-0.25, -0.2) is 0 Å². The van der Waals surface area contributed by atoms with E-state index in [2.05, 4.69) is 0 Å². The highest BCUT2D eigenvalue weighted by molar-refractivity contribution is 8.01. The van der Waals surface area contributed by atoms with E-state index >= 15 is 0 Å². The van der Waals surface area contributed by atoms with Gasteiger partial charge >= 0.3 is 0 Å². The normalized spacial score (nSPS) is 23.7. The lowest BCUT2D eigenvalue weighted by Gasteiger charge is -2.22. The van der Waals surface area contributed by atoms with Crippen LogP contribution in [0.5, 0.6) is 5.75 Å². The number of carbonyl (C=O) groups excluding carboxylic acids is 1.